The van der Waals surface area contributed by atoms with E-state index in [0.717, 1.165) is 31.9 Å². The first-order chi connectivity index (χ1) is 7.31. The fraction of sp³-hybridized carbons (Fsp3) is 0.600. The van der Waals surface area contributed by atoms with Gasteiger partial charge in [-0.25, -0.2) is 4.68 Å². The summed E-state index contributed by atoms with van der Waals surface area (Å²) in [6.45, 7) is 6.36. The van der Waals surface area contributed by atoms with E-state index in [1.165, 1.54) is 4.68 Å². The Morgan fingerprint density at radius 1 is 1.47 bits per heavy atom. The van der Waals surface area contributed by atoms with Gasteiger partial charge >= 0.3 is 0 Å². The minimum absolute atomic E-state index is 0.0199. The van der Waals surface area contributed by atoms with E-state index in [1.807, 2.05) is 6.92 Å². The maximum Gasteiger partial charge on any atom is 0.268 e. The third kappa shape index (κ3) is 2.18. The molecule has 1 N–H and O–H groups in total. The summed E-state index contributed by atoms with van der Waals surface area (Å²) in [4.78, 5) is 13.8. The Bertz CT molecular complexity index is 381. The summed E-state index contributed by atoms with van der Waals surface area (Å²) in [5.74, 6) is 0. The molecule has 0 radical (unpaired) electrons. The third-order valence-electron chi connectivity index (χ3n) is 2.64. The smallest absolute Gasteiger partial charge is 0.268 e. The van der Waals surface area contributed by atoms with Crippen molar-refractivity contribution < 1.29 is 0 Å². The van der Waals surface area contributed by atoms with Crippen molar-refractivity contribution in [3.63, 3.8) is 0 Å². The van der Waals surface area contributed by atoms with Gasteiger partial charge in [0, 0.05) is 38.8 Å². The summed E-state index contributed by atoms with van der Waals surface area (Å²) in [7, 11) is 0. The van der Waals surface area contributed by atoms with Gasteiger partial charge in [-0.3, -0.25) is 4.79 Å². The van der Waals surface area contributed by atoms with Crippen LogP contribution in [0.25, 0.3) is 0 Å². The van der Waals surface area contributed by atoms with Gasteiger partial charge in [0.05, 0.1) is 11.9 Å². The molecule has 1 aromatic rings. The van der Waals surface area contributed by atoms with Crippen LogP contribution in [0.15, 0.2) is 17.1 Å². The molecule has 0 atom stereocenters. The molecule has 1 aliphatic heterocycles. The van der Waals surface area contributed by atoms with Crippen LogP contribution in [0.5, 0.6) is 0 Å². The standard InChI is InChI=1S/C10H16N4O/c1-2-14-10(15)7-9(8-12-14)13-5-3-11-4-6-13/h7-8,11H,2-6H2,1H3. The Hall–Kier alpha value is -1.36. The summed E-state index contributed by atoms with van der Waals surface area (Å²) >= 11 is 0. The van der Waals surface area contributed by atoms with Crippen molar-refractivity contribution in [2.45, 2.75) is 13.5 Å². The molecular weight excluding hydrogens is 192 g/mol. The number of aryl methyl sites for hydroxylation is 1. The lowest BCUT2D eigenvalue weighted by Gasteiger charge is -2.28. The van der Waals surface area contributed by atoms with Crippen LogP contribution in [0.2, 0.25) is 0 Å². The second-order valence-corrected chi connectivity index (χ2v) is 3.60. The van der Waals surface area contributed by atoms with Crippen molar-refractivity contribution in [2.75, 3.05) is 31.1 Å². The van der Waals surface area contributed by atoms with E-state index in [4.69, 9.17) is 0 Å². The summed E-state index contributed by atoms with van der Waals surface area (Å²) in [6, 6.07) is 1.67. The van der Waals surface area contributed by atoms with Gasteiger partial charge in [0.1, 0.15) is 0 Å². The summed E-state index contributed by atoms with van der Waals surface area (Å²) < 4.78 is 1.46. The molecule has 2 rings (SSSR count). The largest absolute Gasteiger partial charge is 0.368 e. The maximum absolute atomic E-state index is 11.6. The fourth-order valence-electron chi connectivity index (χ4n) is 1.76. The highest BCUT2D eigenvalue weighted by Gasteiger charge is 2.11. The Morgan fingerprint density at radius 3 is 2.80 bits per heavy atom. The molecule has 15 heavy (non-hydrogen) atoms. The lowest BCUT2D eigenvalue weighted by molar-refractivity contribution is 0.578. The third-order valence-corrected chi connectivity index (χ3v) is 2.64. The fourth-order valence-corrected chi connectivity index (χ4v) is 1.76. The van der Waals surface area contributed by atoms with Crippen molar-refractivity contribution in [1.82, 2.24) is 15.1 Å². The Kier molecular flexibility index (Phi) is 3.01. The van der Waals surface area contributed by atoms with Gasteiger partial charge in [0.15, 0.2) is 0 Å². The molecule has 0 bridgehead atoms. The monoisotopic (exact) mass is 208 g/mol. The van der Waals surface area contributed by atoms with Gasteiger partial charge in [-0.15, -0.1) is 0 Å². The van der Waals surface area contributed by atoms with Crippen LogP contribution in [0.3, 0.4) is 0 Å². The van der Waals surface area contributed by atoms with Crippen LogP contribution < -0.4 is 15.8 Å². The molecule has 82 valence electrons. The second-order valence-electron chi connectivity index (χ2n) is 3.60. The average molecular weight is 208 g/mol. The van der Waals surface area contributed by atoms with E-state index >= 15 is 0 Å². The Morgan fingerprint density at radius 2 is 2.20 bits per heavy atom. The first kappa shape index (κ1) is 10.2. The van der Waals surface area contributed by atoms with E-state index < -0.39 is 0 Å². The first-order valence-corrected chi connectivity index (χ1v) is 5.34. The first-order valence-electron chi connectivity index (χ1n) is 5.34. The summed E-state index contributed by atoms with van der Waals surface area (Å²) in [5, 5.41) is 7.39. The minimum atomic E-state index is -0.0199. The number of anilines is 1. The normalized spacial score (nSPS) is 16.7. The molecule has 1 saturated heterocycles. The van der Waals surface area contributed by atoms with Gasteiger partial charge in [-0.2, -0.15) is 5.10 Å². The molecule has 0 saturated carbocycles. The summed E-state index contributed by atoms with van der Waals surface area (Å²) in [5.41, 5.74) is 0.916. The highest BCUT2D eigenvalue weighted by Crippen LogP contribution is 2.09. The number of piperazine rings is 1. The molecule has 1 fully saturated rings. The number of hydrogen-bond acceptors (Lipinski definition) is 4. The predicted octanol–water partition coefficient (Wildman–Crippen LogP) is -0.327. The molecule has 2 heterocycles. The van der Waals surface area contributed by atoms with Crippen LogP contribution in [-0.2, 0) is 6.54 Å². The number of nitrogens with one attached hydrogen (secondary N) is 1. The lowest BCUT2D eigenvalue weighted by Crippen LogP contribution is -2.44. The van der Waals surface area contributed by atoms with Gasteiger partial charge in [0.25, 0.3) is 5.56 Å². The Labute approximate surface area is 88.7 Å². The molecule has 1 aliphatic rings. The van der Waals surface area contributed by atoms with E-state index in [-0.39, 0.29) is 5.56 Å². The van der Waals surface area contributed by atoms with Crippen molar-refractivity contribution in [1.29, 1.82) is 0 Å². The molecule has 0 spiro atoms. The molecule has 0 aromatic carbocycles. The van der Waals surface area contributed by atoms with E-state index in [9.17, 15) is 4.79 Å². The van der Waals surface area contributed by atoms with Crippen molar-refractivity contribution >= 4 is 5.69 Å². The lowest BCUT2D eigenvalue weighted by atomic mass is 10.3. The van der Waals surface area contributed by atoms with Crippen molar-refractivity contribution in [3.8, 4) is 0 Å². The maximum atomic E-state index is 11.6. The van der Waals surface area contributed by atoms with Crippen molar-refractivity contribution in [2.24, 2.45) is 0 Å². The van der Waals surface area contributed by atoms with Crippen LogP contribution >= 0.6 is 0 Å². The van der Waals surface area contributed by atoms with E-state index in [2.05, 4.69) is 15.3 Å². The zero-order chi connectivity index (χ0) is 10.7. The van der Waals surface area contributed by atoms with Crippen LogP contribution in [0, 0.1) is 0 Å². The molecule has 5 heteroatoms. The van der Waals surface area contributed by atoms with Gasteiger partial charge < -0.3 is 10.2 Å². The Balaban J connectivity index is 2.21. The molecule has 1 aromatic heterocycles. The average Bonchev–Trinajstić information content (AvgIpc) is 2.30. The van der Waals surface area contributed by atoms with Crippen LogP contribution in [-0.4, -0.2) is 36.0 Å². The molecule has 0 aliphatic carbocycles. The SMILES string of the molecule is CCn1ncc(N2CCNCC2)cc1=O. The number of rotatable bonds is 2. The molecule has 0 amide bonds. The number of hydrogen-bond donors (Lipinski definition) is 1. The number of nitrogens with zero attached hydrogens (tertiary/aromatic N) is 3. The zero-order valence-corrected chi connectivity index (χ0v) is 8.94. The zero-order valence-electron chi connectivity index (χ0n) is 8.94. The van der Waals surface area contributed by atoms with Gasteiger partial charge in [-0.1, -0.05) is 0 Å². The molecular formula is C10H16N4O. The minimum Gasteiger partial charge on any atom is -0.368 e. The predicted molar refractivity (Wildman–Crippen MR) is 59.3 cm³/mol. The molecule has 5 nitrogen and oxygen atoms in total. The quantitative estimate of drug-likeness (QED) is 0.723. The topological polar surface area (TPSA) is 50.2 Å². The van der Waals surface area contributed by atoms with E-state index in [0.29, 0.717) is 6.54 Å². The summed E-state index contributed by atoms with van der Waals surface area (Å²) in [6.07, 6.45) is 1.77. The molecule has 0 unspecified atom stereocenters. The van der Waals surface area contributed by atoms with Crippen LogP contribution in [0.4, 0.5) is 5.69 Å². The number of aromatic nitrogens is 2. The highest BCUT2D eigenvalue weighted by atomic mass is 16.1. The van der Waals surface area contributed by atoms with Crippen molar-refractivity contribution in [3.05, 3.63) is 22.6 Å². The van der Waals surface area contributed by atoms with Crippen LogP contribution in [0.1, 0.15) is 6.92 Å². The second kappa shape index (κ2) is 4.44. The van der Waals surface area contributed by atoms with Gasteiger partial charge in [0.2, 0.25) is 0 Å². The highest BCUT2D eigenvalue weighted by molar-refractivity contribution is 5.43. The van der Waals surface area contributed by atoms with E-state index in [1.54, 1.807) is 12.3 Å². The van der Waals surface area contributed by atoms with Gasteiger partial charge in [-0.05, 0) is 6.92 Å².